The largest absolute Gasteiger partial charge is 0.312 e. The lowest BCUT2D eigenvalue weighted by Gasteiger charge is -2.27. The molecule has 0 aliphatic rings. The van der Waals surface area contributed by atoms with Gasteiger partial charge in [-0.1, -0.05) is 67.2 Å². The molecule has 0 saturated heterocycles. The Balaban J connectivity index is 2.11. The molecule has 1 heterocycles. The molecule has 0 aliphatic carbocycles. The minimum Gasteiger partial charge on any atom is -0.312 e. The molecule has 26 heavy (non-hydrogen) atoms. The highest BCUT2D eigenvalue weighted by Gasteiger charge is 2.31. The lowest BCUT2D eigenvalue weighted by molar-refractivity contribution is -0.114. The smallest absolute Gasteiger partial charge is 0.250 e. The molecule has 2 aromatic carbocycles. The van der Waals surface area contributed by atoms with E-state index >= 15 is 0 Å². The number of nitrogens with zero attached hydrogens (tertiary/aromatic N) is 2. The highest BCUT2D eigenvalue weighted by molar-refractivity contribution is 7.78. The molecule has 0 fully saturated rings. The first-order valence-corrected chi connectivity index (χ1v) is 10.1. The molecule has 5 heteroatoms. The summed E-state index contributed by atoms with van der Waals surface area (Å²) in [6.45, 7) is 3.58. The second-order valence-electron chi connectivity index (χ2n) is 5.73. The fourth-order valence-corrected chi connectivity index (χ4v) is 5.38. The van der Waals surface area contributed by atoms with E-state index in [1.165, 1.54) is 11.0 Å². The number of carbonyl (C=O) groups excluding carboxylic acids is 1. The van der Waals surface area contributed by atoms with Gasteiger partial charge in [0, 0.05) is 16.8 Å². The van der Waals surface area contributed by atoms with Crippen molar-refractivity contribution < 1.29 is 9.36 Å². The van der Waals surface area contributed by atoms with Crippen LogP contribution < -0.4 is 15.5 Å². The maximum absolute atomic E-state index is 14.2. The fourth-order valence-electron chi connectivity index (χ4n) is 2.75. The average Bonchev–Trinajstić information content (AvgIpc) is 2.73. The molecule has 3 aromatic rings. The molecular formula is C21H19N2O2P. The van der Waals surface area contributed by atoms with Crippen molar-refractivity contribution in [1.29, 1.82) is 0 Å². The minimum atomic E-state index is -3.08. The summed E-state index contributed by atoms with van der Waals surface area (Å²) in [5, 5.41) is 1.41. The number of hydrogen-bond acceptors (Lipinski definition) is 3. The molecule has 0 radical (unpaired) electrons. The second kappa shape index (κ2) is 7.94. The van der Waals surface area contributed by atoms with Crippen LogP contribution in [0.2, 0.25) is 0 Å². The summed E-state index contributed by atoms with van der Waals surface area (Å²) < 4.78 is 14.2. The number of benzene rings is 2. The summed E-state index contributed by atoms with van der Waals surface area (Å²) in [7, 11) is -3.08. The molecule has 0 saturated carbocycles. The Morgan fingerprint density at radius 3 is 2.00 bits per heavy atom. The van der Waals surface area contributed by atoms with Gasteiger partial charge >= 0.3 is 0 Å². The van der Waals surface area contributed by atoms with Gasteiger partial charge < -0.3 is 4.57 Å². The third kappa shape index (κ3) is 3.66. The highest BCUT2D eigenvalue weighted by atomic mass is 31.2. The summed E-state index contributed by atoms with van der Waals surface area (Å²) in [4.78, 5) is 18.1. The van der Waals surface area contributed by atoms with Crippen molar-refractivity contribution in [3.63, 3.8) is 0 Å². The van der Waals surface area contributed by atoms with Crippen LogP contribution in [0.25, 0.3) is 0 Å². The monoisotopic (exact) mass is 362 g/mol. The zero-order chi connectivity index (χ0) is 18.4. The van der Waals surface area contributed by atoms with Gasteiger partial charge in [0.2, 0.25) is 0 Å². The number of amides is 1. The van der Waals surface area contributed by atoms with Crippen LogP contribution >= 0.6 is 7.14 Å². The first kappa shape index (κ1) is 17.8. The van der Waals surface area contributed by atoms with Crippen LogP contribution in [0.4, 0.5) is 5.69 Å². The molecule has 1 aromatic heterocycles. The quantitative estimate of drug-likeness (QED) is 0.498. The summed E-state index contributed by atoms with van der Waals surface area (Å²) in [5.41, 5.74) is 0.587. The Labute approximate surface area is 153 Å². The van der Waals surface area contributed by atoms with Crippen LogP contribution in [0.5, 0.6) is 0 Å². The standard InChI is InChI=1S/C21H19N2O2P/c1-2-21(24)23(18-10-9-15-22-16-18)17-26(25,19-11-5-3-6-12-19)20-13-7-4-8-14-20/h2-16H,1,17H2. The zero-order valence-electron chi connectivity index (χ0n) is 14.2. The molecule has 0 N–H and O–H groups in total. The van der Waals surface area contributed by atoms with E-state index < -0.39 is 7.14 Å². The minimum absolute atomic E-state index is 0.0393. The summed E-state index contributed by atoms with van der Waals surface area (Å²) in [5.74, 6) is -0.315. The average molecular weight is 362 g/mol. The predicted molar refractivity (Wildman–Crippen MR) is 107 cm³/mol. The van der Waals surface area contributed by atoms with Crippen molar-refractivity contribution >= 4 is 29.3 Å². The number of anilines is 1. The van der Waals surface area contributed by atoms with E-state index in [9.17, 15) is 9.36 Å². The third-order valence-corrected chi connectivity index (χ3v) is 7.03. The Morgan fingerprint density at radius 1 is 0.962 bits per heavy atom. The maximum atomic E-state index is 14.2. The van der Waals surface area contributed by atoms with Crippen molar-refractivity contribution in [1.82, 2.24) is 4.98 Å². The highest BCUT2D eigenvalue weighted by Crippen LogP contribution is 2.44. The van der Waals surface area contributed by atoms with Crippen LogP contribution in [0.15, 0.2) is 97.8 Å². The Morgan fingerprint density at radius 2 is 1.54 bits per heavy atom. The van der Waals surface area contributed by atoms with E-state index in [2.05, 4.69) is 11.6 Å². The van der Waals surface area contributed by atoms with E-state index in [0.29, 0.717) is 16.3 Å². The van der Waals surface area contributed by atoms with Gasteiger partial charge in [-0.05, 0) is 18.2 Å². The van der Waals surface area contributed by atoms with Crippen LogP contribution in [0.1, 0.15) is 0 Å². The SMILES string of the molecule is C=CC(=O)N(CP(=O)(c1ccccc1)c1ccccc1)c1cccnc1. The van der Waals surface area contributed by atoms with Crippen molar-refractivity contribution in [3.05, 3.63) is 97.8 Å². The van der Waals surface area contributed by atoms with E-state index in [1.54, 1.807) is 24.5 Å². The number of carbonyl (C=O) groups is 1. The molecule has 0 aliphatic heterocycles. The molecular weight excluding hydrogens is 343 g/mol. The molecule has 0 atom stereocenters. The first-order valence-electron chi connectivity index (χ1n) is 8.19. The molecule has 130 valence electrons. The third-order valence-electron chi connectivity index (χ3n) is 4.09. The topological polar surface area (TPSA) is 50.3 Å². The summed E-state index contributed by atoms with van der Waals surface area (Å²) in [6.07, 6.45) is 4.49. The molecule has 3 rings (SSSR count). The number of hydrogen-bond donors (Lipinski definition) is 0. The van der Waals surface area contributed by atoms with Crippen LogP contribution in [-0.2, 0) is 9.36 Å². The fraction of sp³-hybridized carbons (Fsp3) is 0.0476. The molecule has 0 bridgehead atoms. The Kier molecular flexibility index (Phi) is 5.45. The molecule has 4 nitrogen and oxygen atoms in total. The van der Waals surface area contributed by atoms with Gasteiger partial charge in [-0.3, -0.25) is 14.7 Å². The van der Waals surface area contributed by atoms with Crippen LogP contribution in [0, 0.1) is 0 Å². The summed E-state index contributed by atoms with van der Waals surface area (Å²) >= 11 is 0. The van der Waals surface area contributed by atoms with Gasteiger partial charge in [-0.15, -0.1) is 0 Å². The first-order chi connectivity index (χ1) is 12.6. The number of aromatic nitrogens is 1. The van der Waals surface area contributed by atoms with Gasteiger partial charge in [0.1, 0.15) is 0 Å². The van der Waals surface area contributed by atoms with Crippen molar-refractivity contribution in [2.45, 2.75) is 0 Å². The maximum Gasteiger partial charge on any atom is 0.250 e. The van der Waals surface area contributed by atoms with Gasteiger partial charge in [-0.25, -0.2) is 0 Å². The van der Waals surface area contributed by atoms with Crippen LogP contribution in [0.3, 0.4) is 0 Å². The van der Waals surface area contributed by atoms with E-state index in [0.717, 1.165) is 0 Å². The normalized spacial score (nSPS) is 10.9. The lowest BCUT2D eigenvalue weighted by atomic mass is 10.3. The molecule has 0 spiro atoms. The second-order valence-corrected chi connectivity index (χ2v) is 8.53. The Bertz CT molecular complexity index is 884. The number of rotatable bonds is 6. The molecule has 0 unspecified atom stereocenters. The van der Waals surface area contributed by atoms with Gasteiger partial charge in [0.25, 0.3) is 5.91 Å². The van der Waals surface area contributed by atoms with Gasteiger partial charge in [0.15, 0.2) is 7.14 Å². The van der Waals surface area contributed by atoms with E-state index in [4.69, 9.17) is 0 Å². The molecule has 1 amide bonds. The summed E-state index contributed by atoms with van der Waals surface area (Å²) in [6, 6.07) is 22.1. The van der Waals surface area contributed by atoms with Gasteiger partial charge in [-0.2, -0.15) is 0 Å². The lowest BCUT2D eigenvalue weighted by Crippen LogP contribution is -2.34. The van der Waals surface area contributed by atoms with Crippen molar-refractivity contribution in [2.24, 2.45) is 0 Å². The van der Waals surface area contributed by atoms with Crippen molar-refractivity contribution in [2.75, 3.05) is 11.2 Å². The van der Waals surface area contributed by atoms with E-state index in [1.807, 2.05) is 60.7 Å². The predicted octanol–water partition coefficient (Wildman–Crippen LogP) is 3.57. The van der Waals surface area contributed by atoms with Gasteiger partial charge in [0.05, 0.1) is 18.2 Å². The zero-order valence-corrected chi connectivity index (χ0v) is 15.1. The number of pyridine rings is 1. The van der Waals surface area contributed by atoms with Crippen molar-refractivity contribution in [3.8, 4) is 0 Å². The Hall–Kier alpha value is -2.97. The van der Waals surface area contributed by atoms with E-state index in [-0.39, 0.29) is 12.2 Å². The van der Waals surface area contributed by atoms with Crippen LogP contribution in [-0.4, -0.2) is 17.2 Å².